The van der Waals surface area contributed by atoms with Crippen LogP contribution in [0.1, 0.15) is 23.0 Å². The van der Waals surface area contributed by atoms with Crippen LogP contribution < -0.4 is 5.32 Å². The Hall–Kier alpha value is -4.48. The van der Waals surface area contributed by atoms with E-state index in [0.29, 0.717) is 28.1 Å². The number of hydrogen-bond donors (Lipinski definition) is 1. The molecule has 6 aromatic rings. The van der Waals surface area contributed by atoms with E-state index in [1.165, 1.54) is 5.39 Å². The number of furan rings is 1. The largest absolute Gasteiger partial charge is 0.456 e. The second-order valence-electron chi connectivity index (χ2n) is 8.70. The van der Waals surface area contributed by atoms with Crippen LogP contribution in [0.4, 0.5) is 0 Å². The molecule has 3 heterocycles. The van der Waals surface area contributed by atoms with Gasteiger partial charge in [-0.25, -0.2) is 15.0 Å². The first-order valence-electron chi connectivity index (χ1n) is 11.7. The number of rotatable bonds is 3. The molecule has 2 aromatic heterocycles. The van der Waals surface area contributed by atoms with Crippen LogP contribution in [-0.4, -0.2) is 16.7 Å². The van der Waals surface area contributed by atoms with E-state index in [1.807, 2.05) is 66.7 Å². The highest BCUT2D eigenvalue weighted by Gasteiger charge is 2.25. The van der Waals surface area contributed by atoms with E-state index in [1.54, 1.807) is 6.07 Å². The van der Waals surface area contributed by atoms with Crippen molar-refractivity contribution in [1.29, 1.82) is 0 Å². The van der Waals surface area contributed by atoms with Crippen molar-refractivity contribution in [3.8, 4) is 0 Å². The van der Waals surface area contributed by atoms with Crippen molar-refractivity contribution in [2.75, 3.05) is 0 Å². The smallest absolute Gasteiger partial charge is 0.159 e. The number of pyridine rings is 1. The maximum Gasteiger partial charge on any atom is 0.159 e. The van der Waals surface area contributed by atoms with E-state index in [9.17, 15) is 0 Å². The highest BCUT2D eigenvalue weighted by molar-refractivity contribution is 6.31. The fourth-order valence-electron chi connectivity index (χ4n) is 4.72. The molecule has 172 valence electrons. The van der Waals surface area contributed by atoms with Gasteiger partial charge in [0.05, 0.1) is 5.39 Å². The van der Waals surface area contributed by atoms with E-state index in [4.69, 9.17) is 31.0 Å². The third-order valence-electron chi connectivity index (χ3n) is 6.42. The summed E-state index contributed by atoms with van der Waals surface area (Å²) in [5, 5.41) is 8.03. The van der Waals surface area contributed by atoms with Crippen molar-refractivity contribution in [3.05, 3.63) is 125 Å². The van der Waals surface area contributed by atoms with Crippen LogP contribution in [0.15, 0.2) is 118 Å². The molecule has 0 radical (unpaired) electrons. The Morgan fingerprint density at radius 3 is 2.42 bits per heavy atom. The molecule has 1 aliphatic rings. The minimum atomic E-state index is -0.355. The molecule has 1 N–H and O–H groups in total. The van der Waals surface area contributed by atoms with Gasteiger partial charge in [0.25, 0.3) is 0 Å². The predicted octanol–water partition coefficient (Wildman–Crippen LogP) is 7.28. The average Bonchev–Trinajstić information content (AvgIpc) is 3.30. The molecule has 6 heteroatoms. The minimum absolute atomic E-state index is 0.340. The number of halogens is 1. The van der Waals surface area contributed by atoms with E-state index >= 15 is 0 Å². The predicted molar refractivity (Wildman–Crippen MR) is 146 cm³/mol. The van der Waals surface area contributed by atoms with Crippen LogP contribution in [0, 0.1) is 0 Å². The molecular weight excluding hydrogens is 468 g/mol. The van der Waals surface area contributed by atoms with Crippen LogP contribution >= 0.6 is 11.6 Å². The number of fused-ring (bicyclic) bond motifs is 4. The minimum Gasteiger partial charge on any atom is -0.456 e. The molecule has 0 saturated carbocycles. The molecule has 0 spiro atoms. The zero-order valence-corrected chi connectivity index (χ0v) is 19.8. The lowest BCUT2D eigenvalue weighted by atomic mass is 10.0. The van der Waals surface area contributed by atoms with Crippen molar-refractivity contribution in [1.82, 2.24) is 10.3 Å². The van der Waals surface area contributed by atoms with Gasteiger partial charge in [0.2, 0.25) is 0 Å². The van der Waals surface area contributed by atoms with Gasteiger partial charge in [0, 0.05) is 17.0 Å². The number of aliphatic imine (C=N–C) groups is 2. The van der Waals surface area contributed by atoms with Crippen LogP contribution in [0.25, 0.3) is 32.7 Å². The van der Waals surface area contributed by atoms with Crippen LogP contribution in [0.3, 0.4) is 0 Å². The molecular formula is C30H19ClN4O. The summed E-state index contributed by atoms with van der Waals surface area (Å²) in [6, 6.07) is 34.3. The van der Waals surface area contributed by atoms with Gasteiger partial charge in [-0.1, -0.05) is 96.5 Å². The average molecular weight is 487 g/mol. The number of para-hydroxylation sites is 1. The van der Waals surface area contributed by atoms with Crippen molar-refractivity contribution in [2.24, 2.45) is 9.98 Å². The second kappa shape index (κ2) is 8.33. The highest BCUT2D eigenvalue weighted by atomic mass is 35.5. The Kier molecular flexibility index (Phi) is 4.82. The summed E-state index contributed by atoms with van der Waals surface area (Å²) >= 11 is 6.46. The quantitative estimate of drug-likeness (QED) is 0.267. The number of hydrogen-bond acceptors (Lipinski definition) is 5. The summed E-state index contributed by atoms with van der Waals surface area (Å²) in [6.45, 7) is 0. The highest BCUT2D eigenvalue weighted by Crippen LogP contribution is 2.33. The Morgan fingerprint density at radius 1 is 0.750 bits per heavy atom. The molecule has 0 bridgehead atoms. The number of benzene rings is 4. The van der Waals surface area contributed by atoms with Gasteiger partial charge < -0.3 is 9.73 Å². The van der Waals surface area contributed by atoms with E-state index in [2.05, 4.69) is 35.6 Å². The number of aromatic nitrogens is 1. The number of nitrogens with one attached hydrogen (secondary N) is 1. The Labute approximate surface area is 211 Å². The standard InChI is InChI=1S/C30H19ClN4O/c31-25-17-24-26(22-12-6-7-13-23(22)36-24)27(32-25)30-34-28(19-9-2-1-3-10-19)33-29(35-30)21-15-14-18-8-4-5-11-20(18)16-21/h1-17,29H,(H,33,34,35). The van der Waals surface area contributed by atoms with Gasteiger partial charge in [0.15, 0.2) is 11.7 Å². The third kappa shape index (κ3) is 3.53. The molecule has 7 rings (SSSR count). The van der Waals surface area contributed by atoms with E-state index in [0.717, 1.165) is 32.9 Å². The normalized spacial score (nSPS) is 15.6. The fourth-order valence-corrected chi connectivity index (χ4v) is 4.90. The lowest BCUT2D eigenvalue weighted by Gasteiger charge is -2.24. The van der Waals surface area contributed by atoms with Crippen LogP contribution in [0.2, 0.25) is 5.15 Å². The summed E-state index contributed by atoms with van der Waals surface area (Å²) in [4.78, 5) is 14.6. The van der Waals surface area contributed by atoms with Crippen molar-refractivity contribution in [3.63, 3.8) is 0 Å². The zero-order chi connectivity index (χ0) is 24.1. The Balaban J connectivity index is 1.44. The third-order valence-corrected chi connectivity index (χ3v) is 6.61. The summed E-state index contributed by atoms with van der Waals surface area (Å²) < 4.78 is 6.10. The SMILES string of the molecule is Clc1cc2oc3ccccc3c2c(C2=NC(c3ccccc3)=NC(c3ccc4ccccc4c3)N2)n1. The van der Waals surface area contributed by atoms with Crippen molar-refractivity contribution in [2.45, 2.75) is 6.17 Å². The van der Waals surface area contributed by atoms with Gasteiger partial charge in [-0.3, -0.25) is 0 Å². The summed E-state index contributed by atoms with van der Waals surface area (Å²) in [7, 11) is 0. The van der Waals surface area contributed by atoms with Gasteiger partial charge in [-0.2, -0.15) is 0 Å². The summed E-state index contributed by atoms with van der Waals surface area (Å²) in [5.74, 6) is 1.23. The maximum absolute atomic E-state index is 6.46. The molecule has 4 aromatic carbocycles. The van der Waals surface area contributed by atoms with Gasteiger partial charge in [0.1, 0.15) is 28.2 Å². The Morgan fingerprint density at radius 2 is 1.53 bits per heavy atom. The van der Waals surface area contributed by atoms with E-state index < -0.39 is 0 Å². The van der Waals surface area contributed by atoms with Crippen molar-refractivity contribution < 1.29 is 4.42 Å². The topological polar surface area (TPSA) is 62.8 Å². The molecule has 0 saturated heterocycles. The van der Waals surface area contributed by atoms with E-state index in [-0.39, 0.29) is 6.17 Å². The molecule has 1 atom stereocenters. The summed E-state index contributed by atoms with van der Waals surface area (Å²) in [6.07, 6.45) is -0.355. The fraction of sp³-hybridized carbons (Fsp3) is 0.0333. The zero-order valence-electron chi connectivity index (χ0n) is 19.0. The molecule has 1 aliphatic heterocycles. The molecule has 0 fully saturated rings. The van der Waals surface area contributed by atoms with Gasteiger partial charge in [-0.15, -0.1) is 0 Å². The first-order chi connectivity index (χ1) is 17.7. The van der Waals surface area contributed by atoms with Crippen LogP contribution in [0.5, 0.6) is 0 Å². The van der Waals surface area contributed by atoms with Crippen LogP contribution in [-0.2, 0) is 0 Å². The molecule has 36 heavy (non-hydrogen) atoms. The first-order valence-corrected chi connectivity index (χ1v) is 12.1. The number of amidine groups is 2. The first kappa shape index (κ1) is 20.9. The monoisotopic (exact) mass is 486 g/mol. The summed E-state index contributed by atoms with van der Waals surface area (Å²) in [5.41, 5.74) is 4.04. The molecule has 1 unspecified atom stereocenters. The molecule has 0 amide bonds. The van der Waals surface area contributed by atoms with Gasteiger partial charge >= 0.3 is 0 Å². The molecule has 0 aliphatic carbocycles. The second-order valence-corrected chi connectivity index (χ2v) is 9.08. The van der Waals surface area contributed by atoms with Gasteiger partial charge in [-0.05, 0) is 28.5 Å². The maximum atomic E-state index is 6.46. The number of nitrogens with zero attached hydrogens (tertiary/aromatic N) is 3. The lowest BCUT2D eigenvalue weighted by molar-refractivity contribution is 0.666. The van der Waals surface area contributed by atoms with Crippen molar-refractivity contribution >= 4 is 56.0 Å². The lowest BCUT2D eigenvalue weighted by Crippen LogP contribution is -2.34. The Bertz CT molecular complexity index is 1840. The molecule has 5 nitrogen and oxygen atoms in total.